The maximum atomic E-state index is 6.16. The Morgan fingerprint density at radius 1 is 1.24 bits per heavy atom. The summed E-state index contributed by atoms with van der Waals surface area (Å²) in [6.07, 6.45) is 6.81. The first-order valence-electron chi connectivity index (χ1n) is 8.35. The van der Waals surface area contributed by atoms with E-state index in [4.69, 9.17) is 9.47 Å². The SMILES string of the molecule is CCCC[C@H]1OCCC[C@@H]1[Si](C)(C)c1ccc(OC)cc1. The van der Waals surface area contributed by atoms with Crippen LogP contribution in [0.1, 0.15) is 39.0 Å². The molecule has 1 heterocycles. The maximum absolute atomic E-state index is 6.16. The Hall–Kier alpha value is -0.803. The van der Waals surface area contributed by atoms with Gasteiger partial charge in [-0.15, -0.1) is 0 Å². The number of rotatable bonds is 6. The molecule has 2 atom stereocenters. The van der Waals surface area contributed by atoms with Crippen LogP contribution in [0.3, 0.4) is 0 Å². The van der Waals surface area contributed by atoms with Crippen LogP contribution >= 0.6 is 0 Å². The van der Waals surface area contributed by atoms with Crippen molar-refractivity contribution in [1.82, 2.24) is 0 Å². The number of benzene rings is 1. The monoisotopic (exact) mass is 306 g/mol. The standard InChI is InChI=1S/C18H30O2Si/c1-5-6-8-17-18(9-7-14-20-17)21(3,4)16-12-10-15(19-2)11-13-16/h10-13,17-18H,5-9,14H2,1-4H3/t17-,18+/m1/s1. The van der Waals surface area contributed by atoms with E-state index in [1.807, 2.05) is 0 Å². The summed E-state index contributed by atoms with van der Waals surface area (Å²) in [6, 6.07) is 8.76. The lowest BCUT2D eigenvalue weighted by atomic mass is 10.0. The summed E-state index contributed by atoms with van der Waals surface area (Å²) in [4.78, 5) is 0. The molecule has 0 aliphatic carbocycles. The van der Waals surface area contributed by atoms with Crippen LogP contribution in [-0.2, 0) is 4.74 Å². The van der Waals surface area contributed by atoms with Gasteiger partial charge in [0.25, 0.3) is 0 Å². The van der Waals surface area contributed by atoms with Crippen molar-refractivity contribution in [3.63, 3.8) is 0 Å². The molecule has 0 aromatic heterocycles. The van der Waals surface area contributed by atoms with Gasteiger partial charge in [0.15, 0.2) is 0 Å². The molecule has 1 aliphatic heterocycles. The Bertz CT molecular complexity index is 427. The molecule has 0 amide bonds. The summed E-state index contributed by atoms with van der Waals surface area (Å²) < 4.78 is 11.4. The lowest BCUT2D eigenvalue weighted by Crippen LogP contribution is -2.51. The Labute approximate surface area is 130 Å². The van der Waals surface area contributed by atoms with Crippen LogP contribution in [0.25, 0.3) is 0 Å². The first-order valence-corrected chi connectivity index (χ1v) is 11.4. The van der Waals surface area contributed by atoms with Gasteiger partial charge in [-0.25, -0.2) is 0 Å². The largest absolute Gasteiger partial charge is 0.497 e. The van der Waals surface area contributed by atoms with Crippen LogP contribution in [-0.4, -0.2) is 27.9 Å². The molecule has 1 aliphatic rings. The summed E-state index contributed by atoms with van der Waals surface area (Å²) in [5.41, 5.74) is 0.742. The van der Waals surface area contributed by atoms with Gasteiger partial charge in [-0.05, 0) is 36.9 Å². The Balaban J connectivity index is 2.17. The highest BCUT2D eigenvalue weighted by Gasteiger charge is 2.40. The Morgan fingerprint density at radius 3 is 2.57 bits per heavy atom. The number of ether oxygens (including phenoxy) is 2. The second kappa shape index (κ2) is 7.46. The van der Waals surface area contributed by atoms with Crippen molar-refractivity contribution in [2.45, 2.75) is 63.8 Å². The quantitative estimate of drug-likeness (QED) is 0.727. The molecule has 0 saturated carbocycles. The Kier molecular flexibility index (Phi) is 5.88. The van der Waals surface area contributed by atoms with E-state index in [1.54, 1.807) is 7.11 Å². The van der Waals surface area contributed by atoms with Crippen molar-refractivity contribution in [2.75, 3.05) is 13.7 Å². The van der Waals surface area contributed by atoms with E-state index in [-0.39, 0.29) is 0 Å². The van der Waals surface area contributed by atoms with E-state index in [9.17, 15) is 0 Å². The average molecular weight is 307 g/mol. The number of hydrogen-bond donors (Lipinski definition) is 0. The van der Waals surface area contributed by atoms with Crippen LogP contribution in [0.2, 0.25) is 18.6 Å². The zero-order valence-electron chi connectivity index (χ0n) is 14.0. The zero-order valence-corrected chi connectivity index (χ0v) is 15.0. The van der Waals surface area contributed by atoms with Crippen LogP contribution in [0, 0.1) is 0 Å². The van der Waals surface area contributed by atoms with Gasteiger partial charge in [0.1, 0.15) is 5.75 Å². The molecule has 0 unspecified atom stereocenters. The molecule has 0 bridgehead atoms. The topological polar surface area (TPSA) is 18.5 Å². The van der Waals surface area contributed by atoms with Gasteiger partial charge in [0, 0.05) is 6.61 Å². The van der Waals surface area contributed by atoms with Gasteiger partial charge in [-0.3, -0.25) is 0 Å². The normalized spacial score (nSPS) is 23.0. The fraction of sp³-hybridized carbons (Fsp3) is 0.667. The molecule has 0 radical (unpaired) electrons. The molecular formula is C18H30O2Si. The van der Waals surface area contributed by atoms with Crippen LogP contribution < -0.4 is 9.92 Å². The van der Waals surface area contributed by atoms with Crippen molar-refractivity contribution in [2.24, 2.45) is 0 Å². The third-order valence-electron chi connectivity index (χ3n) is 5.04. The molecule has 0 spiro atoms. The summed E-state index contributed by atoms with van der Waals surface area (Å²) >= 11 is 0. The maximum Gasteiger partial charge on any atom is 0.118 e. The third-order valence-corrected chi connectivity index (χ3v) is 9.38. The van der Waals surface area contributed by atoms with Crippen molar-refractivity contribution >= 4 is 13.3 Å². The fourth-order valence-electron chi connectivity index (χ4n) is 3.59. The highest BCUT2D eigenvalue weighted by Crippen LogP contribution is 2.37. The predicted octanol–water partition coefficient (Wildman–Crippen LogP) is 4.35. The third kappa shape index (κ3) is 3.89. The van der Waals surface area contributed by atoms with Crippen LogP contribution in [0.15, 0.2) is 24.3 Å². The molecule has 3 heteroatoms. The Morgan fingerprint density at radius 2 is 1.95 bits per heavy atom. The minimum Gasteiger partial charge on any atom is -0.497 e. The highest BCUT2D eigenvalue weighted by molar-refractivity contribution is 6.91. The second-order valence-corrected chi connectivity index (χ2v) is 11.5. The van der Waals surface area contributed by atoms with Crippen LogP contribution in [0.4, 0.5) is 0 Å². The first-order chi connectivity index (χ1) is 10.1. The van der Waals surface area contributed by atoms with Crippen molar-refractivity contribution in [3.05, 3.63) is 24.3 Å². The smallest absolute Gasteiger partial charge is 0.118 e. The molecule has 1 aromatic carbocycles. The lowest BCUT2D eigenvalue weighted by Gasteiger charge is -2.41. The molecule has 1 aromatic rings. The van der Waals surface area contributed by atoms with E-state index in [1.165, 1.54) is 37.3 Å². The molecule has 118 valence electrons. The molecule has 2 nitrogen and oxygen atoms in total. The van der Waals surface area contributed by atoms with E-state index in [2.05, 4.69) is 44.3 Å². The number of unbranched alkanes of at least 4 members (excludes halogenated alkanes) is 1. The summed E-state index contributed by atoms with van der Waals surface area (Å²) in [5.74, 6) is 0.950. The minimum atomic E-state index is -1.51. The number of hydrogen-bond acceptors (Lipinski definition) is 2. The number of methoxy groups -OCH3 is 1. The van der Waals surface area contributed by atoms with Gasteiger partial charge >= 0.3 is 0 Å². The van der Waals surface area contributed by atoms with Gasteiger partial charge in [-0.2, -0.15) is 0 Å². The summed E-state index contributed by atoms with van der Waals surface area (Å²) in [5, 5.41) is 1.53. The molecule has 2 rings (SSSR count). The van der Waals surface area contributed by atoms with Gasteiger partial charge in [0.05, 0.1) is 21.3 Å². The first kappa shape index (κ1) is 16.6. The second-order valence-electron chi connectivity index (χ2n) is 6.75. The fourth-order valence-corrected chi connectivity index (χ4v) is 7.16. The lowest BCUT2D eigenvalue weighted by molar-refractivity contribution is 0.00875. The summed E-state index contributed by atoms with van der Waals surface area (Å²) in [6.45, 7) is 8.24. The minimum absolute atomic E-state index is 0.475. The summed E-state index contributed by atoms with van der Waals surface area (Å²) in [7, 11) is 0.222. The average Bonchev–Trinajstić information content (AvgIpc) is 2.53. The predicted molar refractivity (Wildman–Crippen MR) is 92.4 cm³/mol. The van der Waals surface area contributed by atoms with E-state index in [0.29, 0.717) is 6.10 Å². The molecule has 21 heavy (non-hydrogen) atoms. The van der Waals surface area contributed by atoms with E-state index >= 15 is 0 Å². The van der Waals surface area contributed by atoms with E-state index < -0.39 is 8.07 Å². The van der Waals surface area contributed by atoms with E-state index in [0.717, 1.165) is 17.9 Å². The van der Waals surface area contributed by atoms with Gasteiger partial charge in [0.2, 0.25) is 0 Å². The van der Waals surface area contributed by atoms with Crippen molar-refractivity contribution < 1.29 is 9.47 Å². The van der Waals surface area contributed by atoms with Gasteiger partial charge in [-0.1, -0.05) is 50.2 Å². The molecule has 0 N–H and O–H groups in total. The van der Waals surface area contributed by atoms with Crippen molar-refractivity contribution in [3.8, 4) is 5.75 Å². The molecular weight excluding hydrogens is 276 g/mol. The zero-order chi connectivity index (χ0) is 15.3. The van der Waals surface area contributed by atoms with Gasteiger partial charge < -0.3 is 9.47 Å². The molecule has 1 fully saturated rings. The van der Waals surface area contributed by atoms with Crippen LogP contribution in [0.5, 0.6) is 5.75 Å². The highest BCUT2D eigenvalue weighted by atomic mass is 28.3. The molecule has 1 saturated heterocycles. The van der Waals surface area contributed by atoms with Crippen molar-refractivity contribution in [1.29, 1.82) is 0 Å².